The summed E-state index contributed by atoms with van der Waals surface area (Å²) in [6, 6.07) is 9.20. The largest absolute Gasteiger partial charge is 0.460 e. The van der Waals surface area contributed by atoms with Gasteiger partial charge in [-0.3, -0.25) is 4.98 Å². The van der Waals surface area contributed by atoms with E-state index in [4.69, 9.17) is 13.9 Å². The van der Waals surface area contributed by atoms with Crippen molar-refractivity contribution in [3.63, 3.8) is 0 Å². The van der Waals surface area contributed by atoms with Crippen LogP contribution in [0.5, 0.6) is 0 Å². The topological polar surface area (TPSA) is 61.6 Å². The molecule has 0 atom stereocenters. The van der Waals surface area contributed by atoms with E-state index in [1.54, 1.807) is 19.2 Å². The van der Waals surface area contributed by atoms with Crippen LogP contribution < -0.4 is 0 Å². The van der Waals surface area contributed by atoms with Crippen molar-refractivity contribution in [3.8, 4) is 0 Å². The van der Waals surface area contributed by atoms with Gasteiger partial charge in [0.1, 0.15) is 12.4 Å². The fourth-order valence-electron chi connectivity index (χ4n) is 1.94. The van der Waals surface area contributed by atoms with E-state index in [0.29, 0.717) is 19.0 Å². The second-order valence-electron chi connectivity index (χ2n) is 4.71. The van der Waals surface area contributed by atoms with Crippen molar-refractivity contribution in [3.05, 3.63) is 53.2 Å². The molecule has 5 nitrogen and oxygen atoms in total. The van der Waals surface area contributed by atoms with Crippen molar-refractivity contribution in [2.75, 3.05) is 13.7 Å². The minimum atomic E-state index is -0.449. The first-order chi connectivity index (χ1) is 10.2. The number of carbonyl (C=O) groups excluding carboxylic acids is 1. The van der Waals surface area contributed by atoms with Gasteiger partial charge < -0.3 is 13.9 Å². The Morgan fingerprint density at radius 2 is 2.14 bits per heavy atom. The summed E-state index contributed by atoms with van der Waals surface area (Å²) in [5.41, 5.74) is 2.00. The lowest BCUT2D eigenvalue weighted by Gasteiger charge is -2.03. The summed E-state index contributed by atoms with van der Waals surface area (Å²) in [5, 5.41) is 0. The highest BCUT2D eigenvalue weighted by atomic mass is 16.5. The predicted molar refractivity (Wildman–Crippen MR) is 77.0 cm³/mol. The van der Waals surface area contributed by atoms with E-state index in [1.165, 1.54) is 0 Å². The van der Waals surface area contributed by atoms with Crippen molar-refractivity contribution in [2.24, 2.45) is 0 Å². The first-order valence-corrected chi connectivity index (χ1v) is 6.86. The number of rotatable bonds is 7. The van der Waals surface area contributed by atoms with Crippen LogP contribution in [0.15, 0.2) is 34.7 Å². The SMILES string of the molecule is COCc1ccc(C(=O)OCCCc2cccc(C)n2)o1. The molecule has 0 aromatic carbocycles. The molecule has 5 heteroatoms. The van der Waals surface area contributed by atoms with Crippen molar-refractivity contribution in [1.29, 1.82) is 0 Å². The third-order valence-electron chi connectivity index (χ3n) is 2.91. The third kappa shape index (κ3) is 4.72. The molecular weight excluding hydrogens is 270 g/mol. The van der Waals surface area contributed by atoms with Crippen LogP contribution in [-0.2, 0) is 22.5 Å². The standard InChI is InChI=1S/C16H19NO4/c1-12-5-3-6-13(17-12)7-4-10-20-16(18)15-9-8-14(21-15)11-19-2/h3,5-6,8-9H,4,7,10-11H2,1-2H3. The minimum Gasteiger partial charge on any atom is -0.460 e. The van der Waals surface area contributed by atoms with Crippen molar-refractivity contribution in [1.82, 2.24) is 4.98 Å². The summed E-state index contributed by atoms with van der Waals surface area (Å²) < 4.78 is 15.4. The number of ether oxygens (including phenoxy) is 2. The second-order valence-corrected chi connectivity index (χ2v) is 4.71. The number of hydrogen-bond acceptors (Lipinski definition) is 5. The molecule has 0 fully saturated rings. The van der Waals surface area contributed by atoms with E-state index < -0.39 is 5.97 Å². The van der Waals surface area contributed by atoms with Gasteiger partial charge in [0.15, 0.2) is 0 Å². The Bertz CT molecular complexity index is 591. The van der Waals surface area contributed by atoms with Crippen LogP contribution in [0.1, 0.15) is 34.1 Å². The van der Waals surface area contributed by atoms with E-state index in [-0.39, 0.29) is 5.76 Å². The van der Waals surface area contributed by atoms with Crippen molar-refractivity contribution >= 4 is 5.97 Å². The summed E-state index contributed by atoms with van der Waals surface area (Å²) in [6.45, 7) is 2.64. The molecule has 2 aromatic rings. The lowest BCUT2D eigenvalue weighted by atomic mass is 10.2. The maximum absolute atomic E-state index is 11.8. The lowest BCUT2D eigenvalue weighted by molar-refractivity contribution is 0.0457. The Balaban J connectivity index is 1.73. The Morgan fingerprint density at radius 1 is 1.29 bits per heavy atom. The lowest BCUT2D eigenvalue weighted by Crippen LogP contribution is -2.06. The van der Waals surface area contributed by atoms with Crippen LogP contribution in [0, 0.1) is 6.92 Å². The first-order valence-electron chi connectivity index (χ1n) is 6.86. The molecular formula is C16H19NO4. The van der Waals surface area contributed by atoms with Gasteiger partial charge in [0.2, 0.25) is 5.76 Å². The summed E-state index contributed by atoms with van der Waals surface area (Å²) in [5.74, 6) is 0.360. The highest BCUT2D eigenvalue weighted by Crippen LogP contribution is 2.10. The average molecular weight is 289 g/mol. The number of aryl methyl sites for hydroxylation is 2. The predicted octanol–water partition coefficient (Wildman–Crippen LogP) is 2.92. The quantitative estimate of drug-likeness (QED) is 0.579. The zero-order valence-corrected chi connectivity index (χ0v) is 12.3. The number of esters is 1. The molecule has 2 aromatic heterocycles. The van der Waals surface area contributed by atoms with Crippen LogP contribution in [0.4, 0.5) is 0 Å². The van der Waals surface area contributed by atoms with Crippen molar-refractivity contribution in [2.45, 2.75) is 26.4 Å². The van der Waals surface area contributed by atoms with Gasteiger partial charge in [0, 0.05) is 18.5 Å². The maximum atomic E-state index is 11.8. The third-order valence-corrected chi connectivity index (χ3v) is 2.91. The molecule has 0 amide bonds. The molecule has 0 aliphatic rings. The van der Waals surface area contributed by atoms with Crippen LogP contribution in [0.25, 0.3) is 0 Å². The zero-order valence-electron chi connectivity index (χ0n) is 12.3. The Labute approximate surface area is 123 Å². The van der Waals surface area contributed by atoms with E-state index >= 15 is 0 Å². The monoisotopic (exact) mass is 289 g/mol. The van der Waals surface area contributed by atoms with Crippen LogP contribution in [-0.4, -0.2) is 24.7 Å². The minimum absolute atomic E-state index is 0.204. The molecule has 2 heterocycles. The Morgan fingerprint density at radius 3 is 2.90 bits per heavy atom. The van der Waals surface area contributed by atoms with Crippen molar-refractivity contribution < 1.29 is 18.7 Å². The summed E-state index contributed by atoms with van der Waals surface area (Å²) >= 11 is 0. The number of methoxy groups -OCH3 is 1. The molecule has 0 aliphatic carbocycles. The van der Waals surface area contributed by atoms with Gasteiger partial charge in [-0.15, -0.1) is 0 Å². The maximum Gasteiger partial charge on any atom is 0.374 e. The van der Waals surface area contributed by atoms with Gasteiger partial charge in [-0.25, -0.2) is 4.79 Å². The van der Waals surface area contributed by atoms with E-state index in [2.05, 4.69) is 4.98 Å². The first kappa shape index (κ1) is 15.3. The number of aromatic nitrogens is 1. The molecule has 112 valence electrons. The number of pyridine rings is 1. The summed E-state index contributed by atoms with van der Waals surface area (Å²) in [6.07, 6.45) is 1.51. The average Bonchev–Trinajstić information content (AvgIpc) is 2.93. The molecule has 0 unspecified atom stereocenters. The highest BCUT2D eigenvalue weighted by Gasteiger charge is 2.12. The van der Waals surface area contributed by atoms with Crippen LogP contribution in [0.2, 0.25) is 0 Å². The number of hydrogen-bond donors (Lipinski definition) is 0. The Kier molecular flexibility index (Phi) is 5.51. The fourth-order valence-corrected chi connectivity index (χ4v) is 1.94. The summed E-state index contributed by atoms with van der Waals surface area (Å²) in [4.78, 5) is 16.2. The normalized spacial score (nSPS) is 10.6. The molecule has 2 rings (SSSR count). The van der Waals surface area contributed by atoms with Crippen LogP contribution >= 0.6 is 0 Å². The van der Waals surface area contributed by atoms with E-state index in [1.807, 2.05) is 25.1 Å². The van der Waals surface area contributed by atoms with Gasteiger partial charge >= 0.3 is 5.97 Å². The molecule has 0 aliphatic heterocycles. The van der Waals surface area contributed by atoms with E-state index in [0.717, 1.165) is 24.2 Å². The van der Waals surface area contributed by atoms with Gasteiger partial charge in [-0.1, -0.05) is 6.07 Å². The van der Waals surface area contributed by atoms with Gasteiger partial charge in [-0.05, 0) is 44.0 Å². The molecule has 0 saturated heterocycles. The molecule has 0 spiro atoms. The molecule has 0 N–H and O–H groups in total. The molecule has 0 radical (unpaired) electrons. The van der Waals surface area contributed by atoms with Gasteiger partial charge in [0.05, 0.1) is 6.61 Å². The Hall–Kier alpha value is -2.14. The summed E-state index contributed by atoms with van der Waals surface area (Å²) in [7, 11) is 1.57. The van der Waals surface area contributed by atoms with Crippen LogP contribution in [0.3, 0.4) is 0 Å². The number of carbonyl (C=O) groups is 1. The highest BCUT2D eigenvalue weighted by molar-refractivity contribution is 5.86. The molecule has 21 heavy (non-hydrogen) atoms. The van der Waals surface area contributed by atoms with E-state index in [9.17, 15) is 4.79 Å². The fraction of sp³-hybridized carbons (Fsp3) is 0.375. The zero-order chi connectivity index (χ0) is 15.1. The molecule has 0 bridgehead atoms. The van der Waals surface area contributed by atoms with Gasteiger partial charge in [-0.2, -0.15) is 0 Å². The second kappa shape index (κ2) is 7.59. The smallest absolute Gasteiger partial charge is 0.374 e. The number of furan rings is 1. The number of nitrogens with zero attached hydrogens (tertiary/aromatic N) is 1. The van der Waals surface area contributed by atoms with Gasteiger partial charge in [0.25, 0.3) is 0 Å². The molecule has 0 saturated carbocycles.